The Morgan fingerprint density at radius 3 is 1.77 bits per heavy atom. The van der Waals surface area contributed by atoms with Gasteiger partial charge in [-0.05, 0) is 95.7 Å². The lowest BCUT2D eigenvalue weighted by molar-refractivity contribution is 0.290. The molecule has 6 rings (SSSR count). The van der Waals surface area contributed by atoms with Gasteiger partial charge < -0.3 is 23.1 Å². The third kappa shape index (κ3) is 9.95. The second-order valence-corrected chi connectivity index (χ2v) is 26.5. The van der Waals surface area contributed by atoms with E-state index in [1.54, 1.807) is 0 Å². The molecule has 0 saturated heterocycles. The summed E-state index contributed by atoms with van der Waals surface area (Å²) in [7, 11) is -3.38. The van der Waals surface area contributed by atoms with Gasteiger partial charge in [-0.15, -0.1) is 0 Å². The zero-order valence-electron chi connectivity index (χ0n) is 33.2. The predicted molar refractivity (Wildman–Crippen MR) is 226 cm³/mol. The van der Waals surface area contributed by atoms with Crippen molar-refractivity contribution in [1.82, 2.24) is 9.55 Å². The minimum atomic E-state index is -1.76. The Morgan fingerprint density at radius 1 is 0.596 bits per heavy atom. The van der Waals surface area contributed by atoms with Crippen LogP contribution in [0.25, 0.3) is 27.5 Å². The van der Waals surface area contributed by atoms with E-state index in [0.29, 0.717) is 6.61 Å². The van der Waals surface area contributed by atoms with Crippen molar-refractivity contribution >= 4 is 38.4 Å². The van der Waals surface area contributed by atoms with Crippen molar-refractivity contribution in [2.45, 2.75) is 97.3 Å². The summed E-state index contributed by atoms with van der Waals surface area (Å²) in [5.74, 6) is 0.877. The highest BCUT2D eigenvalue weighted by Crippen LogP contribution is 2.37. The Balaban J connectivity index is 0.000000233. The van der Waals surface area contributed by atoms with Crippen molar-refractivity contribution in [2.24, 2.45) is 0 Å². The SMILES string of the molecule is CC(C)(C)[Si](C)(C)OCCc1cc2ccccc2[nH]1.CC(C)(C)[Si](C)(C)OCCc1cc2ccccc2n1-c1ccc(OCc2ccccc2)cc1. The van der Waals surface area contributed by atoms with E-state index >= 15 is 0 Å². The van der Waals surface area contributed by atoms with E-state index in [0.717, 1.165) is 37.5 Å². The van der Waals surface area contributed by atoms with Gasteiger partial charge in [0, 0.05) is 54.0 Å². The van der Waals surface area contributed by atoms with Crippen LogP contribution in [0, 0.1) is 0 Å². The molecule has 7 heteroatoms. The highest BCUT2D eigenvalue weighted by Gasteiger charge is 2.37. The number of H-pyrrole nitrogens is 1. The molecule has 0 radical (unpaired) electrons. The van der Waals surface area contributed by atoms with E-state index in [-0.39, 0.29) is 10.1 Å². The topological polar surface area (TPSA) is 48.4 Å². The van der Waals surface area contributed by atoms with Crippen LogP contribution in [0.15, 0.2) is 115 Å². The number of ether oxygens (including phenoxy) is 1. The molecule has 2 heterocycles. The average Bonchev–Trinajstić information content (AvgIpc) is 3.68. The van der Waals surface area contributed by atoms with Crippen LogP contribution >= 0.6 is 0 Å². The highest BCUT2D eigenvalue weighted by molar-refractivity contribution is 6.74. The number of aromatic amines is 1. The molecular weight excluding hydrogens is 673 g/mol. The van der Waals surface area contributed by atoms with Crippen LogP contribution in [0.5, 0.6) is 5.75 Å². The minimum Gasteiger partial charge on any atom is -0.489 e. The van der Waals surface area contributed by atoms with Gasteiger partial charge >= 0.3 is 0 Å². The molecule has 0 atom stereocenters. The van der Waals surface area contributed by atoms with Crippen LogP contribution < -0.4 is 4.74 Å². The first-order valence-corrected chi connectivity index (χ1v) is 24.6. The number of nitrogens with one attached hydrogen (secondary N) is 1. The summed E-state index contributed by atoms with van der Waals surface area (Å²) in [6.07, 6.45) is 1.84. The van der Waals surface area contributed by atoms with Crippen molar-refractivity contribution in [2.75, 3.05) is 13.2 Å². The van der Waals surface area contributed by atoms with E-state index in [1.165, 1.54) is 38.8 Å². The summed E-state index contributed by atoms with van der Waals surface area (Å²) in [6, 6.07) is 40.2. The van der Waals surface area contributed by atoms with Crippen LogP contribution in [-0.2, 0) is 28.3 Å². The fraction of sp³-hybridized carbons (Fsp3) is 0.378. The number of hydrogen-bond acceptors (Lipinski definition) is 3. The Bertz CT molecular complexity index is 1980. The molecule has 0 fully saturated rings. The van der Waals surface area contributed by atoms with Crippen LogP contribution in [0.2, 0.25) is 36.3 Å². The predicted octanol–water partition coefficient (Wildman–Crippen LogP) is 12.5. The normalized spacial score (nSPS) is 12.6. The fourth-order valence-electron chi connectivity index (χ4n) is 5.66. The van der Waals surface area contributed by atoms with Gasteiger partial charge in [0.1, 0.15) is 12.4 Å². The van der Waals surface area contributed by atoms with Crippen molar-refractivity contribution in [3.05, 3.63) is 132 Å². The summed E-state index contributed by atoms with van der Waals surface area (Å²) in [6.45, 7) is 25.1. The molecule has 0 aliphatic carbocycles. The summed E-state index contributed by atoms with van der Waals surface area (Å²) in [5, 5.41) is 3.04. The van der Waals surface area contributed by atoms with Crippen molar-refractivity contribution in [3.8, 4) is 11.4 Å². The maximum atomic E-state index is 6.48. The molecule has 1 N–H and O–H groups in total. The number of aromatic nitrogens is 2. The average molecular weight is 733 g/mol. The molecular formula is C45H60N2O3Si2. The van der Waals surface area contributed by atoms with Crippen molar-refractivity contribution < 1.29 is 13.6 Å². The molecule has 0 aliphatic rings. The van der Waals surface area contributed by atoms with Gasteiger partial charge in [0.2, 0.25) is 0 Å². The van der Waals surface area contributed by atoms with E-state index in [1.807, 2.05) is 18.2 Å². The first-order chi connectivity index (χ1) is 24.5. The molecule has 52 heavy (non-hydrogen) atoms. The third-order valence-corrected chi connectivity index (χ3v) is 20.1. The first kappa shape index (κ1) is 39.3. The highest BCUT2D eigenvalue weighted by atomic mass is 28.4. The number of benzene rings is 4. The lowest BCUT2D eigenvalue weighted by Gasteiger charge is -2.36. The number of rotatable bonds is 12. The number of fused-ring (bicyclic) bond motifs is 2. The summed E-state index contributed by atoms with van der Waals surface area (Å²) in [4.78, 5) is 3.46. The maximum absolute atomic E-state index is 6.48. The minimum absolute atomic E-state index is 0.218. The quantitative estimate of drug-likeness (QED) is 0.127. The van der Waals surface area contributed by atoms with E-state index in [4.69, 9.17) is 13.6 Å². The summed E-state index contributed by atoms with van der Waals surface area (Å²) in [5.41, 5.74) is 7.28. The summed E-state index contributed by atoms with van der Waals surface area (Å²) < 4.78 is 21.0. The fourth-order valence-corrected chi connectivity index (χ4v) is 7.75. The molecule has 0 spiro atoms. The second-order valence-electron chi connectivity index (χ2n) is 16.9. The van der Waals surface area contributed by atoms with Crippen LogP contribution in [-0.4, -0.2) is 39.4 Å². The Morgan fingerprint density at radius 2 is 1.15 bits per heavy atom. The van der Waals surface area contributed by atoms with Gasteiger partial charge in [-0.3, -0.25) is 0 Å². The van der Waals surface area contributed by atoms with Gasteiger partial charge in [0.15, 0.2) is 16.6 Å². The molecule has 0 amide bonds. The molecule has 6 aromatic rings. The largest absolute Gasteiger partial charge is 0.489 e. The molecule has 0 saturated carbocycles. The molecule has 0 bridgehead atoms. The number of nitrogens with zero attached hydrogens (tertiary/aromatic N) is 1. The van der Waals surface area contributed by atoms with Gasteiger partial charge in [-0.1, -0.05) is 108 Å². The summed E-state index contributed by atoms with van der Waals surface area (Å²) >= 11 is 0. The molecule has 2 aromatic heterocycles. The molecule has 276 valence electrons. The monoisotopic (exact) mass is 732 g/mol. The van der Waals surface area contributed by atoms with E-state index < -0.39 is 16.6 Å². The van der Waals surface area contributed by atoms with Gasteiger partial charge in [0.25, 0.3) is 0 Å². The van der Waals surface area contributed by atoms with E-state index in [9.17, 15) is 0 Å². The Kier molecular flexibility index (Phi) is 12.4. The molecule has 5 nitrogen and oxygen atoms in total. The Labute approximate surface area is 314 Å². The zero-order valence-corrected chi connectivity index (χ0v) is 35.2. The van der Waals surface area contributed by atoms with Gasteiger partial charge in [0.05, 0.1) is 5.52 Å². The smallest absolute Gasteiger partial charge is 0.191 e. The maximum Gasteiger partial charge on any atom is 0.191 e. The Hall–Kier alpha value is -3.89. The lowest BCUT2D eigenvalue weighted by atomic mass is 10.2. The number of para-hydroxylation sites is 2. The van der Waals surface area contributed by atoms with E-state index in [2.05, 4.69) is 174 Å². The van der Waals surface area contributed by atoms with Gasteiger partial charge in [-0.25, -0.2) is 0 Å². The lowest BCUT2D eigenvalue weighted by Crippen LogP contribution is -2.41. The number of hydrogen-bond donors (Lipinski definition) is 1. The molecule has 0 aliphatic heterocycles. The second kappa shape index (κ2) is 16.4. The van der Waals surface area contributed by atoms with Crippen LogP contribution in [0.4, 0.5) is 0 Å². The standard InChI is InChI=1S/C29H35NO2Si.C16H25NOSi/c1-29(2,3)33(4,5)32-20-19-26-21-24-13-9-10-14-28(24)30(26)25-15-17-27(18-16-25)31-22-23-11-7-6-8-12-23;1-16(2,3)19(4,5)18-11-10-14-12-13-8-6-7-9-15(13)17-14/h6-18,21H,19-20,22H2,1-5H3;6-9,12,17H,10-11H2,1-5H3. The van der Waals surface area contributed by atoms with Crippen molar-refractivity contribution in [1.29, 1.82) is 0 Å². The van der Waals surface area contributed by atoms with Crippen LogP contribution in [0.1, 0.15) is 58.5 Å². The third-order valence-electron chi connectivity index (χ3n) is 11.0. The first-order valence-electron chi connectivity index (χ1n) is 18.8. The van der Waals surface area contributed by atoms with Crippen LogP contribution in [0.3, 0.4) is 0 Å². The van der Waals surface area contributed by atoms with Crippen molar-refractivity contribution in [3.63, 3.8) is 0 Å². The molecule has 0 unspecified atom stereocenters. The zero-order chi connectivity index (χ0) is 37.6. The molecule has 4 aromatic carbocycles. The van der Waals surface area contributed by atoms with Gasteiger partial charge in [-0.2, -0.15) is 0 Å².